The fourth-order valence-electron chi connectivity index (χ4n) is 3.81. The minimum Gasteiger partial charge on any atom is -0.449 e. The molecule has 1 aliphatic rings. The number of hydrogen-bond acceptors (Lipinski definition) is 4. The zero-order valence-electron chi connectivity index (χ0n) is 18.9. The number of halogens is 1. The Morgan fingerprint density at radius 3 is 2.59 bits per heavy atom. The van der Waals surface area contributed by atoms with Gasteiger partial charge in [-0.3, -0.25) is 14.5 Å². The molecule has 0 aliphatic carbocycles. The number of hydrogen-bond donors (Lipinski definition) is 1. The fraction of sp³-hybridized carbons (Fsp3) is 0.185. The van der Waals surface area contributed by atoms with Crippen LogP contribution in [0.3, 0.4) is 0 Å². The van der Waals surface area contributed by atoms with E-state index in [2.05, 4.69) is 33.1 Å². The van der Waals surface area contributed by atoms with E-state index >= 15 is 0 Å². The summed E-state index contributed by atoms with van der Waals surface area (Å²) in [6.45, 7) is 3.97. The highest BCUT2D eigenvalue weighted by atomic mass is 79.9. The first-order valence-corrected chi connectivity index (χ1v) is 12.0. The summed E-state index contributed by atoms with van der Waals surface area (Å²) >= 11 is 3.44. The molecule has 6 nitrogen and oxygen atoms in total. The largest absolute Gasteiger partial charge is 0.449 e. The average molecular weight is 520 g/mol. The Morgan fingerprint density at radius 1 is 1.06 bits per heavy atom. The first-order valence-electron chi connectivity index (χ1n) is 11.2. The van der Waals surface area contributed by atoms with Gasteiger partial charge in [0.1, 0.15) is 6.54 Å². The van der Waals surface area contributed by atoms with Crippen LogP contribution in [0.25, 0.3) is 6.08 Å². The summed E-state index contributed by atoms with van der Waals surface area (Å²) < 4.78 is 6.79. The molecule has 0 saturated carbocycles. The van der Waals surface area contributed by atoms with Crippen LogP contribution in [-0.4, -0.2) is 38.0 Å². The number of nitrogens with zero attached hydrogens (tertiary/aromatic N) is 2. The van der Waals surface area contributed by atoms with Crippen LogP contribution in [0.15, 0.2) is 89.1 Å². The predicted molar refractivity (Wildman–Crippen MR) is 139 cm³/mol. The molecule has 3 aromatic rings. The summed E-state index contributed by atoms with van der Waals surface area (Å²) in [7, 11) is 0. The summed E-state index contributed by atoms with van der Waals surface area (Å²) in [5.41, 5.74) is 2.51. The first kappa shape index (κ1) is 23.6. The number of benzene rings is 3. The minimum atomic E-state index is -0.353. The quantitative estimate of drug-likeness (QED) is 0.431. The lowest BCUT2D eigenvalue weighted by atomic mass is 10.1. The summed E-state index contributed by atoms with van der Waals surface area (Å²) in [5, 5.41) is 2.95. The van der Waals surface area contributed by atoms with Crippen LogP contribution in [0.1, 0.15) is 12.5 Å². The molecule has 7 heteroatoms. The van der Waals surface area contributed by atoms with Gasteiger partial charge in [-0.25, -0.2) is 0 Å². The van der Waals surface area contributed by atoms with Gasteiger partial charge in [-0.2, -0.15) is 0 Å². The molecule has 34 heavy (non-hydrogen) atoms. The lowest BCUT2D eigenvalue weighted by Crippen LogP contribution is -2.45. The molecular weight excluding hydrogens is 494 g/mol. The van der Waals surface area contributed by atoms with Gasteiger partial charge in [0.2, 0.25) is 5.91 Å². The van der Waals surface area contributed by atoms with Crippen molar-refractivity contribution in [3.63, 3.8) is 0 Å². The van der Waals surface area contributed by atoms with E-state index < -0.39 is 0 Å². The van der Waals surface area contributed by atoms with Gasteiger partial charge in [-0.1, -0.05) is 58.4 Å². The standard InChI is InChI=1S/C27H26BrN3O3/c1-2-30(22-11-4-3-5-12-22)16-15-29-26(32)19-31-23-13-6-7-14-24(23)34-25(27(31)33)18-20-9-8-10-21(28)17-20/h3-14,17-18H,2,15-16,19H2,1H3,(H,29,32)/b25-18+. The highest BCUT2D eigenvalue weighted by molar-refractivity contribution is 9.10. The molecule has 0 aromatic heterocycles. The van der Waals surface area contributed by atoms with E-state index in [0.717, 1.165) is 22.3 Å². The number of nitrogens with one attached hydrogen (secondary N) is 1. The predicted octanol–water partition coefficient (Wildman–Crippen LogP) is 4.86. The van der Waals surface area contributed by atoms with Crippen molar-refractivity contribution in [2.45, 2.75) is 6.92 Å². The molecule has 174 valence electrons. The Balaban J connectivity index is 1.45. The van der Waals surface area contributed by atoms with Gasteiger partial charge in [0, 0.05) is 29.8 Å². The van der Waals surface area contributed by atoms with Crippen molar-refractivity contribution in [3.05, 3.63) is 94.7 Å². The maximum atomic E-state index is 13.3. The van der Waals surface area contributed by atoms with Gasteiger partial charge < -0.3 is 15.0 Å². The average Bonchev–Trinajstić information content (AvgIpc) is 2.85. The number of anilines is 2. The van der Waals surface area contributed by atoms with E-state index in [1.807, 2.05) is 66.7 Å². The van der Waals surface area contributed by atoms with Crippen LogP contribution in [0, 0.1) is 0 Å². The molecule has 4 rings (SSSR count). The van der Waals surface area contributed by atoms with Gasteiger partial charge in [-0.15, -0.1) is 0 Å². The van der Waals surface area contributed by atoms with Crippen LogP contribution in [0.5, 0.6) is 5.75 Å². The molecule has 1 aliphatic heterocycles. The second-order valence-corrected chi connectivity index (χ2v) is 8.71. The minimum absolute atomic E-state index is 0.0908. The highest BCUT2D eigenvalue weighted by Gasteiger charge is 2.31. The van der Waals surface area contributed by atoms with Gasteiger partial charge in [0.15, 0.2) is 11.5 Å². The van der Waals surface area contributed by atoms with E-state index in [-0.39, 0.29) is 24.1 Å². The maximum absolute atomic E-state index is 13.3. The van der Waals surface area contributed by atoms with Crippen molar-refractivity contribution >= 4 is 45.2 Å². The molecule has 1 heterocycles. The Kier molecular flexibility index (Phi) is 7.65. The molecule has 0 saturated heterocycles. The number of fused-ring (bicyclic) bond motifs is 1. The molecule has 0 atom stereocenters. The van der Waals surface area contributed by atoms with Crippen LogP contribution in [0.4, 0.5) is 11.4 Å². The SMILES string of the molecule is CCN(CCNC(=O)CN1C(=O)/C(=C\c2cccc(Br)c2)Oc2ccccc21)c1ccccc1. The van der Waals surface area contributed by atoms with E-state index in [0.29, 0.717) is 24.5 Å². The van der Waals surface area contributed by atoms with Crippen LogP contribution in [-0.2, 0) is 9.59 Å². The van der Waals surface area contributed by atoms with Crippen molar-refractivity contribution in [3.8, 4) is 5.75 Å². The summed E-state index contributed by atoms with van der Waals surface area (Å²) in [4.78, 5) is 29.7. The second kappa shape index (κ2) is 11.0. The molecule has 0 fully saturated rings. The van der Waals surface area contributed by atoms with Crippen LogP contribution >= 0.6 is 15.9 Å². The van der Waals surface area contributed by atoms with Crippen molar-refractivity contribution in [2.24, 2.45) is 0 Å². The molecule has 2 amide bonds. The van der Waals surface area contributed by atoms with E-state index in [9.17, 15) is 9.59 Å². The van der Waals surface area contributed by atoms with E-state index in [4.69, 9.17) is 4.74 Å². The van der Waals surface area contributed by atoms with Crippen molar-refractivity contribution in [1.82, 2.24) is 5.32 Å². The second-order valence-electron chi connectivity index (χ2n) is 7.79. The normalized spacial score (nSPS) is 13.9. The van der Waals surface area contributed by atoms with E-state index in [1.54, 1.807) is 18.2 Å². The van der Waals surface area contributed by atoms with Crippen LogP contribution in [0.2, 0.25) is 0 Å². The molecule has 3 aromatic carbocycles. The number of likely N-dealkylation sites (N-methyl/N-ethyl adjacent to an activating group) is 1. The third-order valence-corrected chi connectivity index (χ3v) is 5.98. The summed E-state index contributed by atoms with van der Waals surface area (Å²) in [6, 6.07) is 24.9. The van der Waals surface area contributed by atoms with Gasteiger partial charge in [0.25, 0.3) is 5.91 Å². The molecule has 1 N–H and O–H groups in total. The summed E-state index contributed by atoms with van der Waals surface area (Å²) in [5.74, 6) is 0.132. The molecule has 0 spiro atoms. The molecule has 0 radical (unpaired) electrons. The number of rotatable bonds is 8. The summed E-state index contributed by atoms with van der Waals surface area (Å²) in [6.07, 6.45) is 1.69. The third-order valence-electron chi connectivity index (χ3n) is 5.49. The molecular formula is C27H26BrN3O3. The van der Waals surface area contributed by atoms with Gasteiger partial charge in [-0.05, 0) is 55.0 Å². The number of carbonyl (C=O) groups is 2. The zero-order chi connectivity index (χ0) is 23.9. The number of amides is 2. The topological polar surface area (TPSA) is 61.9 Å². The zero-order valence-corrected chi connectivity index (χ0v) is 20.5. The lowest BCUT2D eigenvalue weighted by Gasteiger charge is -2.30. The number of para-hydroxylation sites is 3. The first-order chi connectivity index (χ1) is 16.5. The Hall–Kier alpha value is -3.58. The Bertz CT molecular complexity index is 1200. The van der Waals surface area contributed by atoms with Crippen molar-refractivity contribution < 1.29 is 14.3 Å². The fourth-order valence-corrected chi connectivity index (χ4v) is 4.22. The Labute approximate surface area is 208 Å². The maximum Gasteiger partial charge on any atom is 0.294 e. The van der Waals surface area contributed by atoms with Crippen LogP contribution < -0.4 is 19.9 Å². The smallest absolute Gasteiger partial charge is 0.294 e. The third kappa shape index (κ3) is 5.66. The van der Waals surface area contributed by atoms with E-state index in [1.165, 1.54) is 4.90 Å². The van der Waals surface area contributed by atoms with Crippen molar-refractivity contribution in [1.29, 1.82) is 0 Å². The molecule has 0 unspecified atom stereocenters. The number of ether oxygens (including phenoxy) is 1. The van der Waals surface area contributed by atoms with Crippen molar-refractivity contribution in [2.75, 3.05) is 36.0 Å². The lowest BCUT2D eigenvalue weighted by molar-refractivity contribution is -0.123. The number of carbonyl (C=O) groups excluding carboxylic acids is 2. The highest BCUT2D eigenvalue weighted by Crippen LogP contribution is 2.35. The Morgan fingerprint density at radius 2 is 1.82 bits per heavy atom. The monoisotopic (exact) mass is 519 g/mol. The van der Waals surface area contributed by atoms with Gasteiger partial charge >= 0.3 is 0 Å². The molecule has 0 bridgehead atoms. The van der Waals surface area contributed by atoms with Gasteiger partial charge in [0.05, 0.1) is 5.69 Å².